The summed E-state index contributed by atoms with van der Waals surface area (Å²) in [5.74, 6) is 0.329. The van der Waals surface area contributed by atoms with Crippen molar-refractivity contribution in [3.63, 3.8) is 0 Å². The molecule has 0 saturated carbocycles. The van der Waals surface area contributed by atoms with Crippen LogP contribution in [-0.4, -0.2) is 6.47 Å². The maximum atomic E-state index is 12.4. The first kappa shape index (κ1) is 12.1. The summed E-state index contributed by atoms with van der Waals surface area (Å²) in [6, 6.07) is 10.1. The highest BCUT2D eigenvalue weighted by Crippen LogP contribution is 2.18. The second-order valence-corrected chi connectivity index (χ2v) is 4.10. The second-order valence-electron chi connectivity index (χ2n) is 4.10. The van der Waals surface area contributed by atoms with Crippen LogP contribution in [0.4, 0.5) is 0 Å². The zero-order valence-corrected chi connectivity index (χ0v) is 10.4. The van der Waals surface area contributed by atoms with E-state index in [1.165, 1.54) is 12.3 Å². The van der Waals surface area contributed by atoms with Crippen molar-refractivity contribution in [2.24, 2.45) is 0 Å². The van der Waals surface area contributed by atoms with E-state index in [4.69, 9.17) is 9.15 Å². The molecule has 1 aromatic carbocycles. The van der Waals surface area contributed by atoms with Gasteiger partial charge in [-0.3, -0.25) is 9.59 Å². The van der Waals surface area contributed by atoms with Crippen LogP contribution in [0, 0.1) is 0 Å². The third kappa shape index (κ3) is 2.05. The van der Waals surface area contributed by atoms with Gasteiger partial charge in [-0.15, -0.1) is 0 Å². The van der Waals surface area contributed by atoms with Crippen LogP contribution in [0.3, 0.4) is 0 Å². The molecule has 0 bridgehead atoms. The molecule has 98 valence electrons. The van der Waals surface area contributed by atoms with E-state index in [9.17, 15) is 9.59 Å². The minimum absolute atomic E-state index is 0.153. The van der Waals surface area contributed by atoms with E-state index >= 15 is 0 Å². The number of ether oxygens (including phenoxy) is 1. The van der Waals surface area contributed by atoms with E-state index in [1.807, 2.05) is 18.2 Å². The van der Waals surface area contributed by atoms with Gasteiger partial charge >= 0.3 is 0 Å². The molecule has 3 aromatic rings. The summed E-state index contributed by atoms with van der Waals surface area (Å²) in [6.07, 6.45) is 4.92. The average Bonchev–Trinajstić information content (AvgIpc) is 2.49. The fourth-order valence-electron chi connectivity index (χ4n) is 1.96. The first-order valence-electron chi connectivity index (χ1n) is 5.92. The number of fused-ring (bicyclic) bond motifs is 1. The van der Waals surface area contributed by atoms with E-state index in [1.54, 1.807) is 29.1 Å². The summed E-state index contributed by atoms with van der Waals surface area (Å²) >= 11 is 0. The number of carbonyl (C=O) groups excluding carboxylic acids is 1. The Morgan fingerprint density at radius 1 is 1.15 bits per heavy atom. The van der Waals surface area contributed by atoms with Crippen LogP contribution in [-0.2, 0) is 4.79 Å². The second kappa shape index (κ2) is 4.97. The Morgan fingerprint density at radius 3 is 2.70 bits per heavy atom. The molecular weight excluding hydrogens is 258 g/mol. The molecule has 0 fully saturated rings. The van der Waals surface area contributed by atoms with Crippen molar-refractivity contribution in [3.05, 3.63) is 65.3 Å². The first-order valence-corrected chi connectivity index (χ1v) is 5.92. The zero-order chi connectivity index (χ0) is 13.9. The molecular formula is C15H10NO4+. The van der Waals surface area contributed by atoms with Gasteiger partial charge in [0.1, 0.15) is 11.3 Å². The third-order valence-electron chi connectivity index (χ3n) is 2.91. The predicted octanol–water partition coefficient (Wildman–Crippen LogP) is 1.60. The molecule has 2 aromatic heterocycles. The third-order valence-corrected chi connectivity index (χ3v) is 2.91. The number of rotatable bonds is 3. The van der Waals surface area contributed by atoms with Crippen molar-refractivity contribution >= 4 is 17.4 Å². The summed E-state index contributed by atoms with van der Waals surface area (Å²) in [7, 11) is 0. The van der Waals surface area contributed by atoms with Crippen molar-refractivity contribution in [3.8, 4) is 11.4 Å². The fraction of sp³-hybridized carbons (Fsp3) is 0. The van der Waals surface area contributed by atoms with Gasteiger partial charge in [-0.25, -0.2) is 0 Å². The Kier molecular flexibility index (Phi) is 3.01. The lowest BCUT2D eigenvalue weighted by atomic mass is 10.2. The quantitative estimate of drug-likeness (QED) is 0.535. The van der Waals surface area contributed by atoms with Gasteiger partial charge in [-0.05, 0) is 12.1 Å². The lowest BCUT2D eigenvalue weighted by molar-refractivity contribution is -0.597. The van der Waals surface area contributed by atoms with Gasteiger partial charge < -0.3 is 9.15 Å². The smallest absolute Gasteiger partial charge is 0.298 e. The van der Waals surface area contributed by atoms with Crippen LogP contribution >= 0.6 is 0 Å². The molecule has 5 nitrogen and oxygen atoms in total. The van der Waals surface area contributed by atoms with Gasteiger partial charge in [0, 0.05) is 18.2 Å². The highest BCUT2D eigenvalue weighted by atomic mass is 16.5. The Balaban J connectivity index is 2.19. The Morgan fingerprint density at radius 2 is 1.95 bits per heavy atom. The predicted molar refractivity (Wildman–Crippen MR) is 70.7 cm³/mol. The van der Waals surface area contributed by atoms with Crippen molar-refractivity contribution in [2.75, 3.05) is 0 Å². The fourth-order valence-corrected chi connectivity index (χ4v) is 1.96. The van der Waals surface area contributed by atoms with Gasteiger partial charge in [0.15, 0.2) is 18.7 Å². The summed E-state index contributed by atoms with van der Waals surface area (Å²) in [4.78, 5) is 22.7. The van der Waals surface area contributed by atoms with Crippen LogP contribution in [0.2, 0.25) is 0 Å². The molecule has 0 aliphatic carbocycles. The number of hydrogen-bond donors (Lipinski definition) is 0. The van der Waals surface area contributed by atoms with E-state index < -0.39 is 0 Å². The van der Waals surface area contributed by atoms with Crippen molar-refractivity contribution in [2.45, 2.75) is 0 Å². The number of hydrogen-bond acceptors (Lipinski definition) is 4. The number of carbonyl (C=O) groups is 1. The molecule has 0 atom stereocenters. The van der Waals surface area contributed by atoms with E-state index in [-0.39, 0.29) is 5.43 Å². The first-order chi connectivity index (χ1) is 9.79. The largest absolute Gasteiger partial charge is 0.457 e. The van der Waals surface area contributed by atoms with Gasteiger partial charge in [0.2, 0.25) is 0 Å². The molecule has 0 saturated heterocycles. The molecule has 0 radical (unpaired) electrons. The molecule has 3 rings (SSSR count). The van der Waals surface area contributed by atoms with Crippen LogP contribution in [0.5, 0.6) is 5.75 Å². The zero-order valence-electron chi connectivity index (χ0n) is 10.4. The molecule has 0 aliphatic rings. The molecule has 0 N–H and O–H groups in total. The van der Waals surface area contributed by atoms with E-state index in [2.05, 4.69) is 0 Å². The van der Waals surface area contributed by atoms with Crippen LogP contribution < -0.4 is 14.7 Å². The van der Waals surface area contributed by atoms with Crippen molar-refractivity contribution in [1.82, 2.24) is 0 Å². The van der Waals surface area contributed by atoms with Crippen molar-refractivity contribution in [1.29, 1.82) is 0 Å². The maximum absolute atomic E-state index is 12.4. The minimum atomic E-state index is -0.153. The molecule has 0 spiro atoms. The average molecular weight is 268 g/mol. The maximum Gasteiger partial charge on any atom is 0.298 e. The highest BCUT2D eigenvalue weighted by Gasteiger charge is 2.15. The highest BCUT2D eigenvalue weighted by molar-refractivity contribution is 5.79. The SMILES string of the molecule is O=COc1ccc2c(=O)c(-[n+]3ccccc3)coc2c1. The Bertz CT molecular complexity index is 824. The number of nitrogens with zero attached hydrogens (tertiary/aromatic N) is 1. The number of aromatic nitrogens is 1. The molecule has 0 aliphatic heterocycles. The monoisotopic (exact) mass is 268 g/mol. The van der Waals surface area contributed by atoms with Gasteiger partial charge in [0.05, 0.1) is 5.39 Å². The van der Waals surface area contributed by atoms with Crippen molar-refractivity contribution < 1.29 is 18.5 Å². The number of benzene rings is 1. The molecule has 0 unspecified atom stereocenters. The van der Waals surface area contributed by atoms with Gasteiger partial charge in [0.25, 0.3) is 17.6 Å². The summed E-state index contributed by atoms with van der Waals surface area (Å²) in [5.41, 5.74) is 0.636. The lowest BCUT2D eigenvalue weighted by Gasteiger charge is -2.00. The standard InChI is InChI=1S/C15H10NO4/c17-10-20-11-4-5-12-14(8-11)19-9-13(15(12)18)16-6-2-1-3-7-16/h1-10H/q+1. The number of pyridine rings is 1. The van der Waals surface area contributed by atoms with Gasteiger partial charge in [-0.1, -0.05) is 6.07 Å². The minimum Gasteiger partial charge on any atom is -0.457 e. The molecule has 5 heteroatoms. The lowest BCUT2D eigenvalue weighted by Crippen LogP contribution is -2.35. The summed E-state index contributed by atoms with van der Waals surface area (Å²) < 4.78 is 11.9. The summed E-state index contributed by atoms with van der Waals surface area (Å²) in [5, 5.41) is 0.428. The van der Waals surface area contributed by atoms with Crippen LogP contribution in [0.1, 0.15) is 0 Å². The topological polar surface area (TPSA) is 60.4 Å². The normalized spacial score (nSPS) is 10.4. The molecule has 20 heavy (non-hydrogen) atoms. The summed E-state index contributed by atoms with van der Waals surface area (Å²) in [6.45, 7) is 0.327. The Labute approximate surface area is 113 Å². The van der Waals surface area contributed by atoms with Gasteiger partial charge in [-0.2, -0.15) is 4.57 Å². The van der Waals surface area contributed by atoms with Crippen LogP contribution in [0.25, 0.3) is 16.7 Å². The molecule has 0 amide bonds. The van der Waals surface area contributed by atoms with E-state index in [0.717, 1.165) is 0 Å². The van der Waals surface area contributed by atoms with Crippen LogP contribution in [0.15, 0.2) is 64.3 Å². The Hall–Kier alpha value is -2.95. The molecule has 2 heterocycles. The van der Waals surface area contributed by atoms with E-state index in [0.29, 0.717) is 28.9 Å².